The van der Waals surface area contributed by atoms with Crippen LogP contribution in [0.3, 0.4) is 0 Å². The minimum atomic E-state index is -0.903. The van der Waals surface area contributed by atoms with Gasteiger partial charge in [0, 0.05) is 19.3 Å². The summed E-state index contributed by atoms with van der Waals surface area (Å²) in [5.41, 5.74) is 0.419. The second kappa shape index (κ2) is 8.08. The summed E-state index contributed by atoms with van der Waals surface area (Å²) in [4.78, 5) is 48.1. The fraction of sp³-hybridized carbons (Fsp3) is 0.300. The summed E-state index contributed by atoms with van der Waals surface area (Å²) in [5.74, 6) is -2.00. The highest BCUT2D eigenvalue weighted by atomic mass is 16.4. The predicted octanol–water partition coefficient (Wildman–Crippen LogP) is 0.849. The van der Waals surface area contributed by atoms with Gasteiger partial charge in [0.15, 0.2) is 0 Å². The van der Waals surface area contributed by atoms with Gasteiger partial charge >= 0.3 is 5.97 Å². The van der Waals surface area contributed by atoms with Crippen molar-refractivity contribution in [2.45, 2.75) is 25.4 Å². The van der Waals surface area contributed by atoms with Crippen LogP contribution in [-0.2, 0) is 11.3 Å². The van der Waals surface area contributed by atoms with Crippen molar-refractivity contribution < 1.29 is 19.5 Å². The molecule has 1 aromatic carbocycles. The summed E-state index contributed by atoms with van der Waals surface area (Å²) in [5, 5.41) is 14.0. The average Bonchev–Trinajstić information content (AvgIpc) is 3.39. The second-order valence-corrected chi connectivity index (χ2v) is 6.81. The van der Waals surface area contributed by atoms with Crippen molar-refractivity contribution in [3.8, 4) is 0 Å². The van der Waals surface area contributed by atoms with Crippen LogP contribution in [0.5, 0.6) is 0 Å². The SMILES string of the molecule is CNC(=O)c1cc(C(=O)N[C@@H]2C[C@H]2CC(=O)O)cn(Cc2ccccc2)c1=O. The van der Waals surface area contributed by atoms with Crippen molar-refractivity contribution in [3.63, 3.8) is 0 Å². The molecular formula is C20H21N3O5. The highest BCUT2D eigenvalue weighted by Gasteiger charge is 2.39. The zero-order chi connectivity index (χ0) is 20.3. The largest absolute Gasteiger partial charge is 0.481 e. The van der Waals surface area contributed by atoms with Crippen LogP contribution in [0.15, 0.2) is 47.4 Å². The van der Waals surface area contributed by atoms with E-state index < -0.39 is 23.3 Å². The van der Waals surface area contributed by atoms with Crippen molar-refractivity contribution in [1.82, 2.24) is 15.2 Å². The number of carboxylic acids is 1. The van der Waals surface area contributed by atoms with E-state index in [0.29, 0.717) is 6.42 Å². The normalized spacial score (nSPS) is 17.6. The Labute approximate surface area is 161 Å². The smallest absolute Gasteiger partial charge is 0.303 e. The topological polar surface area (TPSA) is 118 Å². The third-order valence-electron chi connectivity index (χ3n) is 4.69. The van der Waals surface area contributed by atoms with Crippen molar-refractivity contribution in [2.75, 3.05) is 7.05 Å². The zero-order valence-electron chi connectivity index (χ0n) is 15.3. The number of nitrogens with zero attached hydrogens (tertiary/aromatic N) is 1. The Bertz CT molecular complexity index is 968. The lowest BCUT2D eigenvalue weighted by molar-refractivity contribution is -0.137. The number of pyridine rings is 1. The Morgan fingerprint density at radius 1 is 1.18 bits per heavy atom. The summed E-state index contributed by atoms with van der Waals surface area (Å²) in [6.45, 7) is 0.218. The standard InChI is InChI=1S/C20H21N3O5/c1-21-19(27)15-7-14(18(26)22-16-8-13(16)9-17(24)25)11-23(20(15)28)10-12-5-3-2-4-6-12/h2-7,11,13,16H,8-10H2,1H3,(H,21,27)(H,22,26)(H,24,25)/t13-,16+/m0/s1. The minimum absolute atomic E-state index is 0.00193. The number of hydrogen-bond acceptors (Lipinski definition) is 4. The number of aliphatic carboxylic acids is 1. The highest BCUT2D eigenvalue weighted by molar-refractivity contribution is 5.99. The van der Waals surface area contributed by atoms with Gasteiger partial charge in [0.1, 0.15) is 5.56 Å². The maximum absolute atomic E-state index is 12.7. The lowest BCUT2D eigenvalue weighted by atomic mass is 10.1. The Morgan fingerprint density at radius 3 is 2.54 bits per heavy atom. The van der Waals surface area contributed by atoms with E-state index in [0.717, 1.165) is 5.56 Å². The number of rotatable bonds is 7. The zero-order valence-corrected chi connectivity index (χ0v) is 15.3. The molecule has 3 rings (SSSR count). The highest BCUT2D eigenvalue weighted by Crippen LogP contribution is 2.33. The Kier molecular flexibility index (Phi) is 5.58. The minimum Gasteiger partial charge on any atom is -0.481 e. The van der Waals surface area contributed by atoms with E-state index in [1.165, 1.54) is 23.9 Å². The number of hydrogen-bond donors (Lipinski definition) is 3. The van der Waals surface area contributed by atoms with Crippen LogP contribution in [0.1, 0.15) is 39.1 Å². The molecule has 0 bridgehead atoms. The van der Waals surface area contributed by atoms with Gasteiger partial charge in [0.25, 0.3) is 17.4 Å². The molecule has 0 spiro atoms. The van der Waals surface area contributed by atoms with Crippen LogP contribution in [0.25, 0.3) is 0 Å². The molecule has 1 saturated carbocycles. The van der Waals surface area contributed by atoms with Gasteiger partial charge in [0.2, 0.25) is 0 Å². The Hall–Kier alpha value is -3.42. The summed E-state index contributed by atoms with van der Waals surface area (Å²) >= 11 is 0. The first-order chi connectivity index (χ1) is 13.4. The maximum atomic E-state index is 12.7. The van der Waals surface area contributed by atoms with Gasteiger partial charge in [0.05, 0.1) is 18.5 Å². The van der Waals surface area contributed by atoms with Gasteiger partial charge in [-0.15, -0.1) is 0 Å². The van der Waals surface area contributed by atoms with Gasteiger partial charge in [-0.25, -0.2) is 0 Å². The van der Waals surface area contributed by atoms with Crippen molar-refractivity contribution >= 4 is 17.8 Å². The van der Waals surface area contributed by atoms with Gasteiger partial charge < -0.3 is 20.3 Å². The number of amides is 2. The lowest BCUT2D eigenvalue weighted by Crippen LogP contribution is -2.34. The van der Waals surface area contributed by atoms with Gasteiger partial charge in [-0.3, -0.25) is 19.2 Å². The molecule has 28 heavy (non-hydrogen) atoms. The van der Waals surface area contributed by atoms with Crippen LogP contribution in [0, 0.1) is 5.92 Å². The molecule has 0 unspecified atom stereocenters. The van der Waals surface area contributed by atoms with Gasteiger partial charge in [-0.2, -0.15) is 0 Å². The summed E-state index contributed by atoms with van der Waals surface area (Å²) in [6.07, 6.45) is 2.03. The van der Waals surface area contributed by atoms with Gasteiger partial charge in [-0.1, -0.05) is 30.3 Å². The molecule has 0 aliphatic heterocycles. The summed E-state index contributed by atoms with van der Waals surface area (Å²) in [6, 6.07) is 10.3. The first kappa shape index (κ1) is 19.3. The molecule has 0 saturated heterocycles. The van der Waals surface area contributed by atoms with Crippen LogP contribution >= 0.6 is 0 Å². The van der Waals surface area contributed by atoms with Crippen LogP contribution < -0.4 is 16.2 Å². The molecule has 8 nitrogen and oxygen atoms in total. The number of carbonyl (C=O) groups is 3. The molecule has 2 atom stereocenters. The lowest BCUT2D eigenvalue weighted by Gasteiger charge is -2.12. The van der Waals surface area contributed by atoms with Crippen LogP contribution in [0.4, 0.5) is 0 Å². The molecule has 1 fully saturated rings. The molecule has 2 amide bonds. The molecule has 1 heterocycles. The first-order valence-electron chi connectivity index (χ1n) is 8.92. The second-order valence-electron chi connectivity index (χ2n) is 6.81. The molecule has 3 N–H and O–H groups in total. The maximum Gasteiger partial charge on any atom is 0.303 e. The molecule has 146 valence electrons. The fourth-order valence-corrected chi connectivity index (χ4v) is 3.08. The molecule has 0 radical (unpaired) electrons. The third kappa shape index (κ3) is 4.46. The van der Waals surface area contributed by atoms with E-state index >= 15 is 0 Å². The molecule has 1 aliphatic carbocycles. The van der Waals surface area contributed by atoms with Crippen LogP contribution in [-0.4, -0.2) is 40.5 Å². The van der Waals surface area contributed by atoms with Crippen molar-refractivity contribution in [2.24, 2.45) is 5.92 Å². The van der Waals surface area contributed by atoms with E-state index in [-0.39, 0.29) is 36.1 Å². The average molecular weight is 383 g/mol. The Morgan fingerprint density at radius 2 is 1.89 bits per heavy atom. The summed E-state index contributed by atoms with van der Waals surface area (Å²) in [7, 11) is 1.41. The number of carbonyl (C=O) groups excluding carboxylic acids is 2. The van der Waals surface area contributed by atoms with Crippen molar-refractivity contribution in [1.29, 1.82) is 0 Å². The molecule has 1 aliphatic rings. The molecular weight excluding hydrogens is 362 g/mol. The van der Waals surface area contributed by atoms with E-state index in [2.05, 4.69) is 10.6 Å². The van der Waals surface area contributed by atoms with Crippen LogP contribution in [0.2, 0.25) is 0 Å². The number of carboxylic acid groups (broad SMARTS) is 1. The number of nitrogens with one attached hydrogen (secondary N) is 2. The third-order valence-corrected chi connectivity index (χ3v) is 4.69. The molecule has 2 aromatic rings. The Balaban J connectivity index is 1.87. The van der Waals surface area contributed by atoms with E-state index in [1.807, 2.05) is 30.3 Å². The number of aromatic nitrogens is 1. The first-order valence-corrected chi connectivity index (χ1v) is 8.92. The predicted molar refractivity (Wildman–Crippen MR) is 101 cm³/mol. The molecule has 1 aromatic heterocycles. The molecule has 8 heteroatoms. The van der Waals surface area contributed by atoms with E-state index in [1.54, 1.807) is 0 Å². The van der Waals surface area contributed by atoms with Gasteiger partial charge in [-0.05, 0) is 24.0 Å². The quantitative estimate of drug-likeness (QED) is 0.655. The number of benzene rings is 1. The van der Waals surface area contributed by atoms with E-state index in [9.17, 15) is 19.2 Å². The van der Waals surface area contributed by atoms with E-state index in [4.69, 9.17) is 5.11 Å². The summed E-state index contributed by atoms with van der Waals surface area (Å²) < 4.78 is 1.33. The fourth-order valence-electron chi connectivity index (χ4n) is 3.08. The van der Waals surface area contributed by atoms with Crippen molar-refractivity contribution in [3.05, 3.63) is 69.6 Å². The monoisotopic (exact) mass is 383 g/mol.